The van der Waals surface area contributed by atoms with Gasteiger partial charge in [0.25, 0.3) is 0 Å². The predicted octanol–water partition coefficient (Wildman–Crippen LogP) is 2.18. The molecule has 1 N–H and O–H groups in total. The molecule has 0 amide bonds. The van der Waals surface area contributed by atoms with E-state index in [2.05, 4.69) is 4.90 Å². The van der Waals surface area contributed by atoms with E-state index >= 15 is 0 Å². The van der Waals surface area contributed by atoms with Crippen LogP contribution in [0.1, 0.15) is 37.2 Å². The van der Waals surface area contributed by atoms with E-state index in [1.54, 1.807) is 0 Å². The van der Waals surface area contributed by atoms with Gasteiger partial charge in [-0.2, -0.15) is 0 Å². The van der Waals surface area contributed by atoms with Crippen molar-refractivity contribution in [3.8, 4) is 0 Å². The number of rotatable bonds is 8. The van der Waals surface area contributed by atoms with Gasteiger partial charge in [0.05, 0.1) is 13.0 Å². The number of aliphatic hydroxyl groups is 1. The largest absolute Gasteiger partial charge is 0.469 e. The zero-order chi connectivity index (χ0) is 15.1. The second-order valence-electron chi connectivity index (χ2n) is 5.64. The van der Waals surface area contributed by atoms with Crippen molar-refractivity contribution in [2.75, 3.05) is 26.8 Å². The van der Waals surface area contributed by atoms with Crippen molar-refractivity contribution in [2.24, 2.45) is 0 Å². The number of hydrogen-bond acceptors (Lipinski definition) is 4. The number of hydrogen-bond donors (Lipinski definition) is 1. The Hall–Kier alpha value is -1.39. The standard InChI is InChI=1S/C17H25NO3/c1-21-17(20)16(14-7-3-2-4-8-14)13-18(11-6-12-19)15-9-5-10-15/h2-4,7-8,15-16,19H,5-6,9-13H2,1H3. The van der Waals surface area contributed by atoms with Crippen molar-refractivity contribution in [1.82, 2.24) is 4.90 Å². The molecule has 1 saturated carbocycles. The first kappa shape index (κ1) is 16.0. The summed E-state index contributed by atoms with van der Waals surface area (Å²) >= 11 is 0. The Morgan fingerprint density at radius 1 is 1.38 bits per heavy atom. The molecule has 1 aromatic carbocycles. The maximum atomic E-state index is 12.2. The summed E-state index contributed by atoms with van der Waals surface area (Å²) in [5.41, 5.74) is 0.998. The van der Waals surface area contributed by atoms with Gasteiger partial charge in [-0.1, -0.05) is 36.8 Å². The van der Waals surface area contributed by atoms with Crippen molar-refractivity contribution in [3.05, 3.63) is 35.9 Å². The minimum absolute atomic E-state index is 0.186. The molecule has 0 bridgehead atoms. The average molecular weight is 291 g/mol. The maximum absolute atomic E-state index is 12.2. The monoisotopic (exact) mass is 291 g/mol. The van der Waals surface area contributed by atoms with Crippen LogP contribution in [0, 0.1) is 0 Å². The molecule has 1 unspecified atom stereocenters. The van der Waals surface area contributed by atoms with E-state index in [0.717, 1.165) is 18.5 Å². The molecule has 0 aliphatic heterocycles. The molecule has 0 saturated heterocycles. The zero-order valence-electron chi connectivity index (χ0n) is 12.7. The number of methoxy groups -OCH3 is 1. The summed E-state index contributed by atoms with van der Waals surface area (Å²) in [6, 6.07) is 10.4. The fraction of sp³-hybridized carbons (Fsp3) is 0.588. The van der Waals surface area contributed by atoms with E-state index < -0.39 is 0 Å². The summed E-state index contributed by atoms with van der Waals surface area (Å²) in [7, 11) is 1.44. The van der Waals surface area contributed by atoms with Gasteiger partial charge in [0.15, 0.2) is 0 Å². The zero-order valence-corrected chi connectivity index (χ0v) is 12.7. The highest BCUT2D eigenvalue weighted by atomic mass is 16.5. The Kier molecular flexibility index (Phi) is 6.21. The molecule has 1 fully saturated rings. The predicted molar refractivity (Wildman–Crippen MR) is 82.1 cm³/mol. The lowest BCUT2D eigenvalue weighted by Crippen LogP contribution is -2.44. The molecular weight excluding hydrogens is 266 g/mol. The van der Waals surface area contributed by atoms with Crippen molar-refractivity contribution >= 4 is 5.97 Å². The van der Waals surface area contributed by atoms with Gasteiger partial charge in [0.1, 0.15) is 0 Å². The summed E-state index contributed by atoms with van der Waals surface area (Å²) in [4.78, 5) is 14.5. The first-order chi connectivity index (χ1) is 10.3. The number of aliphatic hydroxyl groups excluding tert-OH is 1. The molecule has 0 heterocycles. The Balaban J connectivity index is 2.09. The maximum Gasteiger partial charge on any atom is 0.314 e. The second-order valence-corrected chi connectivity index (χ2v) is 5.64. The van der Waals surface area contributed by atoms with Crippen molar-refractivity contribution in [2.45, 2.75) is 37.6 Å². The molecule has 2 rings (SSSR count). The first-order valence-corrected chi connectivity index (χ1v) is 7.74. The number of benzene rings is 1. The smallest absolute Gasteiger partial charge is 0.314 e. The lowest BCUT2D eigenvalue weighted by molar-refractivity contribution is -0.143. The third-order valence-electron chi connectivity index (χ3n) is 4.30. The SMILES string of the molecule is COC(=O)C(CN(CCCO)C1CCC1)c1ccccc1. The Morgan fingerprint density at radius 2 is 2.10 bits per heavy atom. The number of nitrogens with zero attached hydrogens (tertiary/aromatic N) is 1. The molecule has 116 valence electrons. The normalized spacial score (nSPS) is 16.5. The van der Waals surface area contributed by atoms with Crippen LogP contribution in [-0.2, 0) is 9.53 Å². The average Bonchev–Trinajstić information content (AvgIpc) is 2.48. The molecule has 0 spiro atoms. The van der Waals surface area contributed by atoms with Gasteiger partial charge in [0.2, 0.25) is 0 Å². The molecule has 0 aromatic heterocycles. The van der Waals surface area contributed by atoms with Gasteiger partial charge in [0, 0.05) is 25.7 Å². The van der Waals surface area contributed by atoms with Crippen LogP contribution >= 0.6 is 0 Å². The fourth-order valence-corrected chi connectivity index (χ4v) is 2.83. The van der Waals surface area contributed by atoms with Crippen LogP contribution in [0.15, 0.2) is 30.3 Å². The van der Waals surface area contributed by atoms with Crippen LogP contribution in [0.5, 0.6) is 0 Å². The highest BCUT2D eigenvalue weighted by Gasteiger charge is 2.30. The second kappa shape index (κ2) is 8.15. The van der Waals surface area contributed by atoms with Crippen molar-refractivity contribution in [1.29, 1.82) is 0 Å². The van der Waals surface area contributed by atoms with Crippen LogP contribution in [0.2, 0.25) is 0 Å². The topological polar surface area (TPSA) is 49.8 Å². The number of carbonyl (C=O) groups excluding carboxylic acids is 1. The molecule has 1 aliphatic carbocycles. The Labute approximate surface area is 126 Å². The van der Waals surface area contributed by atoms with Crippen LogP contribution in [0.4, 0.5) is 0 Å². The molecule has 4 nitrogen and oxygen atoms in total. The van der Waals surface area contributed by atoms with Crippen LogP contribution in [0.3, 0.4) is 0 Å². The highest BCUT2D eigenvalue weighted by molar-refractivity contribution is 5.78. The lowest BCUT2D eigenvalue weighted by Gasteiger charge is -2.39. The van der Waals surface area contributed by atoms with Gasteiger partial charge >= 0.3 is 5.97 Å². The molecule has 0 radical (unpaired) electrons. The highest BCUT2D eigenvalue weighted by Crippen LogP contribution is 2.28. The van der Waals surface area contributed by atoms with E-state index in [1.807, 2.05) is 30.3 Å². The molecule has 21 heavy (non-hydrogen) atoms. The summed E-state index contributed by atoms with van der Waals surface area (Å²) < 4.78 is 4.99. The summed E-state index contributed by atoms with van der Waals surface area (Å²) in [6.07, 6.45) is 4.38. The minimum atomic E-state index is -0.254. The van der Waals surface area contributed by atoms with E-state index in [1.165, 1.54) is 26.4 Å². The number of carbonyl (C=O) groups is 1. The molecular formula is C17H25NO3. The summed E-state index contributed by atoms with van der Waals surface area (Å²) in [5, 5.41) is 9.08. The fourth-order valence-electron chi connectivity index (χ4n) is 2.83. The van der Waals surface area contributed by atoms with Gasteiger partial charge in [-0.05, 0) is 24.8 Å². The van der Waals surface area contributed by atoms with E-state index in [9.17, 15) is 4.79 Å². The van der Waals surface area contributed by atoms with E-state index in [-0.39, 0.29) is 18.5 Å². The number of esters is 1. The molecule has 1 atom stereocenters. The quantitative estimate of drug-likeness (QED) is 0.746. The molecule has 4 heteroatoms. The van der Waals surface area contributed by atoms with Crippen molar-refractivity contribution < 1.29 is 14.6 Å². The van der Waals surface area contributed by atoms with Gasteiger partial charge in [-0.3, -0.25) is 9.69 Å². The third kappa shape index (κ3) is 4.29. The van der Waals surface area contributed by atoms with Crippen LogP contribution in [0.25, 0.3) is 0 Å². The van der Waals surface area contributed by atoms with Gasteiger partial charge in [-0.15, -0.1) is 0 Å². The minimum Gasteiger partial charge on any atom is -0.469 e. The Bertz CT molecular complexity index is 431. The number of ether oxygens (including phenoxy) is 1. The third-order valence-corrected chi connectivity index (χ3v) is 4.30. The van der Waals surface area contributed by atoms with E-state index in [4.69, 9.17) is 9.84 Å². The van der Waals surface area contributed by atoms with Gasteiger partial charge < -0.3 is 9.84 Å². The van der Waals surface area contributed by atoms with E-state index in [0.29, 0.717) is 12.6 Å². The lowest BCUT2D eigenvalue weighted by atomic mass is 9.89. The van der Waals surface area contributed by atoms with Crippen LogP contribution in [-0.4, -0.2) is 48.8 Å². The summed E-state index contributed by atoms with van der Waals surface area (Å²) in [5.74, 6) is -0.440. The first-order valence-electron chi connectivity index (χ1n) is 7.74. The molecule has 1 aromatic rings. The van der Waals surface area contributed by atoms with Crippen molar-refractivity contribution in [3.63, 3.8) is 0 Å². The Morgan fingerprint density at radius 3 is 2.62 bits per heavy atom. The summed E-state index contributed by atoms with van der Waals surface area (Å²) in [6.45, 7) is 1.69. The van der Waals surface area contributed by atoms with Gasteiger partial charge in [-0.25, -0.2) is 0 Å². The molecule has 1 aliphatic rings. The van der Waals surface area contributed by atoms with Crippen LogP contribution < -0.4 is 0 Å².